The largest absolute Gasteiger partial charge is 0.391 e. The molecule has 1 saturated carbocycles. The van der Waals surface area contributed by atoms with Crippen LogP contribution < -0.4 is 0 Å². The molecule has 3 nitrogen and oxygen atoms in total. The molecule has 7 heteroatoms. The number of aromatic nitrogens is 3. The number of hydrogen-bond donors (Lipinski definition) is 0. The van der Waals surface area contributed by atoms with E-state index in [2.05, 4.69) is 40.0 Å². The molecule has 2 atom stereocenters. The first-order valence-electron chi connectivity index (χ1n) is 7.37. The predicted octanol–water partition coefficient (Wildman–Crippen LogP) is 4.67. The molecule has 0 N–H and O–H groups in total. The van der Waals surface area contributed by atoms with Crippen LogP contribution in [0.2, 0.25) is 0 Å². The lowest BCUT2D eigenvalue weighted by molar-refractivity contribution is -0.183. The highest BCUT2D eigenvalue weighted by molar-refractivity contribution is 9.08. The van der Waals surface area contributed by atoms with Gasteiger partial charge in [0, 0.05) is 12.5 Å². The lowest BCUT2D eigenvalue weighted by Gasteiger charge is -2.30. The van der Waals surface area contributed by atoms with E-state index in [1.54, 1.807) is 0 Å². The molecule has 0 aliphatic heterocycles. The second kappa shape index (κ2) is 6.67. The van der Waals surface area contributed by atoms with Crippen LogP contribution in [0.5, 0.6) is 0 Å². The van der Waals surface area contributed by atoms with E-state index in [0.29, 0.717) is 17.7 Å². The van der Waals surface area contributed by atoms with Gasteiger partial charge >= 0.3 is 6.18 Å². The van der Waals surface area contributed by atoms with Gasteiger partial charge in [0.2, 0.25) is 0 Å². The van der Waals surface area contributed by atoms with Crippen molar-refractivity contribution in [1.29, 1.82) is 0 Å². The molecule has 0 amide bonds. The molecule has 2 rings (SSSR count). The van der Waals surface area contributed by atoms with E-state index in [1.807, 2.05) is 4.57 Å². The minimum absolute atomic E-state index is 0.135. The summed E-state index contributed by atoms with van der Waals surface area (Å²) in [7, 11) is 0. The van der Waals surface area contributed by atoms with Gasteiger partial charge in [-0.05, 0) is 25.2 Å². The molecule has 2 unspecified atom stereocenters. The normalized spacial score (nSPS) is 23.8. The lowest BCUT2D eigenvalue weighted by atomic mass is 9.80. The average molecular weight is 368 g/mol. The van der Waals surface area contributed by atoms with Gasteiger partial charge in [-0.15, -0.1) is 10.2 Å². The predicted molar refractivity (Wildman–Crippen MR) is 78.2 cm³/mol. The molecule has 0 aromatic carbocycles. The Hall–Kier alpha value is -0.590. The third-order valence-corrected chi connectivity index (χ3v) is 4.53. The van der Waals surface area contributed by atoms with Crippen LogP contribution in [0.3, 0.4) is 0 Å². The molecule has 21 heavy (non-hydrogen) atoms. The second-order valence-corrected chi connectivity index (χ2v) is 6.78. The molecule has 0 saturated heterocycles. The van der Waals surface area contributed by atoms with Gasteiger partial charge in [-0.2, -0.15) is 13.2 Å². The molecule has 0 bridgehead atoms. The SMILES string of the molecule is CC(C)Cn1c(CBr)nnc1C1CCCC(C(F)(F)F)C1. The summed E-state index contributed by atoms with van der Waals surface area (Å²) in [5.74, 6) is 0.594. The third kappa shape index (κ3) is 3.99. The number of hydrogen-bond acceptors (Lipinski definition) is 2. The summed E-state index contributed by atoms with van der Waals surface area (Å²) in [6.45, 7) is 4.92. The van der Waals surface area contributed by atoms with Crippen molar-refractivity contribution >= 4 is 15.9 Å². The summed E-state index contributed by atoms with van der Waals surface area (Å²) in [6.07, 6.45) is -2.34. The van der Waals surface area contributed by atoms with E-state index in [4.69, 9.17) is 0 Å². The summed E-state index contributed by atoms with van der Waals surface area (Å²) >= 11 is 3.38. The third-order valence-electron chi connectivity index (χ3n) is 4.03. The van der Waals surface area contributed by atoms with Gasteiger partial charge in [-0.25, -0.2) is 0 Å². The fraction of sp³-hybridized carbons (Fsp3) is 0.857. The van der Waals surface area contributed by atoms with Crippen LogP contribution in [0.1, 0.15) is 57.1 Å². The highest BCUT2D eigenvalue weighted by Crippen LogP contribution is 2.43. The Balaban J connectivity index is 2.22. The summed E-state index contributed by atoms with van der Waals surface area (Å²) in [6, 6.07) is 0. The van der Waals surface area contributed by atoms with Crippen molar-refractivity contribution in [2.45, 2.75) is 63.5 Å². The Labute approximate surface area is 131 Å². The zero-order valence-electron chi connectivity index (χ0n) is 12.3. The van der Waals surface area contributed by atoms with Gasteiger partial charge in [0.05, 0.1) is 11.2 Å². The van der Waals surface area contributed by atoms with E-state index in [-0.39, 0.29) is 18.8 Å². The quantitative estimate of drug-likeness (QED) is 0.724. The van der Waals surface area contributed by atoms with Crippen LogP contribution in [0.15, 0.2) is 0 Å². The van der Waals surface area contributed by atoms with Crippen molar-refractivity contribution in [3.63, 3.8) is 0 Å². The fourth-order valence-electron chi connectivity index (χ4n) is 3.04. The van der Waals surface area contributed by atoms with E-state index in [0.717, 1.165) is 24.6 Å². The topological polar surface area (TPSA) is 30.7 Å². The molecule has 120 valence electrons. The molecule has 1 aromatic heterocycles. The number of rotatable bonds is 4. The molecule has 0 radical (unpaired) electrons. The van der Waals surface area contributed by atoms with E-state index < -0.39 is 12.1 Å². The standard InChI is InChI=1S/C14H21BrF3N3/c1-9(2)8-21-12(7-15)19-20-13(21)10-4-3-5-11(6-10)14(16,17)18/h9-11H,3-8H2,1-2H3. The molecule has 1 aromatic rings. The van der Waals surface area contributed by atoms with E-state index in [1.165, 1.54) is 0 Å². The monoisotopic (exact) mass is 367 g/mol. The number of halogens is 4. The Kier molecular flexibility index (Phi) is 5.33. The zero-order valence-corrected chi connectivity index (χ0v) is 13.9. The van der Waals surface area contributed by atoms with Gasteiger partial charge in [0.15, 0.2) is 0 Å². The summed E-state index contributed by atoms with van der Waals surface area (Å²) < 4.78 is 40.9. The minimum atomic E-state index is -4.10. The van der Waals surface area contributed by atoms with Crippen molar-refractivity contribution in [3.8, 4) is 0 Å². The first kappa shape index (κ1) is 16.8. The van der Waals surface area contributed by atoms with Gasteiger partial charge in [-0.3, -0.25) is 0 Å². The Bertz CT molecular complexity index is 471. The van der Waals surface area contributed by atoms with Crippen molar-refractivity contribution in [3.05, 3.63) is 11.6 Å². The van der Waals surface area contributed by atoms with Gasteiger partial charge < -0.3 is 4.57 Å². The van der Waals surface area contributed by atoms with E-state index >= 15 is 0 Å². The fourth-order valence-corrected chi connectivity index (χ4v) is 3.45. The Morgan fingerprint density at radius 2 is 2.00 bits per heavy atom. The number of nitrogens with zero attached hydrogens (tertiary/aromatic N) is 3. The zero-order chi connectivity index (χ0) is 15.6. The van der Waals surface area contributed by atoms with Crippen molar-refractivity contribution < 1.29 is 13.2 Å². The van der Waals surface area contributed by atoms with Crippen LogP contribution in [-0.2, 0) is 11.9 Å². The van der Waals surface area contributed by atoms with Gasteiger partial charge in [-0.1, -0.05) is 36.2 Å². The molecule has 1 aliphatic rings. The summed E-state index contributed by atoms with van der Waals surface area (Å²) in [5.41, 5.74) is 0. The Morgan fingerprint density at radius 3 is 2.57 bits per heavy atom. The highest BCUT2D eigenvalue weighted by Gasteiger charge is 2.43. The molecular weight excluding hydrogens is 347 g/mol. The van der Waals surface area contributed by atoms with Gasteiger partial charge in [0.25, 0.3) is 0 Å². The molecule has 1 aliphatic carbocycles. The number of alkyl halides is 4. The van der Waals surface area contributed by atoms with E-state index in [9.17, 15) is 13.2 Å². The molecule has 1 heterocycles. The van der Waals surface area contributed by atoms with Crippen LogP contribution in [0, 0.1) is 11.8 Å². The summed E-state index contributed by atoms with van der Waals surface area (Å²) in [5, 5.41) is 8.90. The van der Waals surface area contributed by atoms with Crippen molar-refractivity contribution in [2.75, 3.05) is 0 Å². The van der Waals surface area contributed by atoms with Crippen LogP contribution in [0.4, 0.5) is 13.2 Å². The molecule has 0 spiro atoms. The van der Waals surface area contributed by atoms with Crippen LogP contribution in [-0.4, -0.2) is 20.9 Å². The van der Waals surface area contributed by atoms with Gasteiger partial charge in [0.1, 0.15) is 11.6 Å². The minimum Gasteiger partial charge on any atom is -0.314 e. The van der Waals surface area contributed by atoms with Crippen LogP contribution in [0.25, 0.3) is 0 Å². The first-order chi connectivity index (χ1) is 9.82. The maximum Gasteiger partial charge on any atom is 0.391 e. The smallest absolute Gasteiger partial charge is 0.314 e. The summed E-state index contributed by atoms with van der Waals surface area (Å²) in [4.78, 5) is 0. The molecule has 1 fully saturated rings. The lowest BCUT2D eigenvalue weighted by Crippen LogP contribution is -2.29. The Morgan fingerprint density at radius 1 is 1.29 bits per heavy atom. The van der Waals surface area contributed by atoms with Crippen LogP contribution >= 0.6 is 15.9 Å². The molecular formula is C14H21BrF3N3. The van der Waals surface area contributed by atoms with Crippen molar-refractivity contribution in [1.82, 2.24) is 14.8 Å². The van der Waals surface area contributed by atoms with Crippen molar-refractivity contribution in [2.24, 2.45) is 11.8 Å². The maximum atomic E-state index is 13.0. The maximum absolute atomic E-state index is 13.0. The second-order valence-electron chi connectivity index (χ2n) is 6.21. The average Bonchev–Trinajstić information content (AvgIpc) is 2.80. The first-order valence-corrected chi connectivity index (χ1v) is 8.49. The highest BCUT2D eigenvalue weighted by atomic mass is 79.9.